The van der Waals surface area contributed by atoms with Gasteiger partial charge >= 0.3 is 6.03 Å². The number of unbranched alkanes of at least 4 members (excludes halogenated alkanes) is 1. The highest BCUT2D eigenvalue weighted by Crippen LogP contribution is 2.11. The standard InChI is InChI=1S/C11H15N3O2/c12-11(16)14-13-8-2-1-3-9-4-6-10(15)7-5-9/h4-8,15H,1-3H2,(H3,12,14,16). The summed E-state index contributed by atoms with van der Waals surface area (Å²) in [6, 6.07) is 6.44. The van der Waals surface area contributed by atoms with Crippen LogP contribution in [0.15, 0.2) is 29.4 Å². The number of nitrogens with one attached hydrogen (secondary N) is 1. The van der Waals surface area contributed by atoms with Crippen LogP contribution in [-0.2, 0) is 6.42 Å². The number of aryl methyl sites for hydroxylation is 1. The van der Waals surface area contributed by atoms with E-state index in [0.717, 1.165) is 24.8 Å². The number of phenolic OH excluding ortho intramolecular Hbond substituents is 1. The lowest BCUT2D eigenvalue weighted by molar-refractivity contribution is 0.249. The van der Waals surface area contributed by atoms with Crippen molar-refractivity contribution in [2.75, 3.05) is 0 Å². The second-order valence-corrected chi connectivity index (χ2v) is 3.35. The molecule has 4 N–H and O–H groups in total. The number of primary amides is 1. The average Bonchev–Trinajstić information content (AvgIpc) is 2.25. The molecule has 0 spiro atoms. The molecular formula is C11H15N3O2. The smallest absolute Gasteiger partial charge is 0.332 e. The summed E-state index contributed by atoms with van der Waals surface area (Å²) in [5, 5.41) is 12.7. The predicted molar refractivity (Wildman–Crippen MR) is 62.3 cm³/mol. The lowest BCUT2D eigenvalue weighted by atomic mass is 10.1. The number of phenols is 1. The van der Waals surface area contributed by atoms with Crippen molar-refractivity contribution < 1.29 is 9.90 Å². The maximum absolute atomic E-state index is 10.3. The van der Waals surface area contributed by atoms with Crippen LogP contribution < -0.4 is 11.2 Å². The molecule has 0 aliphatic carbocycles. The summed E-state index contributed by atoms with van der Waals surface area (Å²) in [6.45, 7) is 0. The van der Waals surface area contributed by atoms with Crippen LogP contribution in [0.4, 0.5) is 4.79 Å². The first-order chi connectivity index (χ1) is 7.68. The van der Waals surface area contributed by atoms with Crippen LogP contribution in [0.1, 0.15) is 18.4 Å². The molecule has 16 heavy (non-hydrogen) atoms. The molecule has 0 fully saturated rings. The summed E-state index contributed by atoms with van der Waals surface area (Å²) < 4.78 is 0. The van der Waals surface area contributed by atoms with Gasteiger partial charge in [0.2, 0.25) is 0 Å². The lowest BCUT2D eigenvalue weighted by Crippen LogP contribution is -2.24. The fourth-order valence-corrected chi connectivity index (χ4v) is 1.23. The fraction of sp³-hybridized carbons (Fsp3) is 0.273. The molecule has 0 saturated heterocycles. The van der Waals surface area contributed by atoms with Crippen LogP contribution in [0, 0.1) is 0 Å². The van der Waals surface area contributed by atoms with Gasteiger partial charge in [-0.1, -0.05) is 12.1 Å². The Bertz CT molecular complexity index is 360. The zero-order valence-electron chi connectivity index (χ0n) is 8.89. The first kappa shape index (κ1) is 12.0. The lowest BCUT2D eigenvalue weighted by Gasteiger charge is -1.99. The molecule has 5 nitrogen and oxygen atoms in total. The quantitative estimate of drug-likeness (QED) is 0.398. The van der Waals surface area contributed by atoms with Crippen molar-refractivity contribution in [3.63, 3.8) is 0 Å². The maximum Gasteiger partial charge on any atom is 0.332 e. The van der Waals surface area contributed by atoms with Crippen LogP contribution in [0.5, 0.6) is 5.75 Å². The van der Waals surface area contributed by atoms with Crippen molar-refractivity contribution >= 4 is 12.2 Å². The van der Waals surface area contributed by atoms with Gasteiger partial charge in [-0.25, -0.2) is 10.2 Å². The van der Waals surface area contributed by atoms with E-state index in [1.165, 1.54) is 0 Å². The highest BCUT2D eigenvalue weighted by atomic mass is 16.3. The van der Waals surface area contributed by atoms with E-state index in [0.29, 0.717) is 0 Å². The summed E-state index contributed by atoms with van der Waals surface area (Å²) in [6.07, 6.45) is 4.21. The van der Waals surface area contributed by atoms with Crippen LogP contribution in [0.3, 0.4) is 0 Å². The summed E-state index contributed by atoms with van der Waals surface area (Å²) in [5.41, 5.74) is 8.11. The summed E-state index contributed by atoms with van der Waals surface area (Å²) in [5.74, 6) is 0.274. The van der Waals surface area contributed by atoms with Crippen molar-refractivity contribution in [1.82, 2.24) is 5.43 Å². The molecule has 1 aromatic carbocycles. The second-order valence-electron chi connectivity index (χ2n) is 3.35. The molecular weight excluding hydrogens is 206 g/mol. The van der Waals surface area contributed by atoms with Gasteiger partial charge in [0.25, 0.3) is 0 Å². The molecule has 0 saturated carbocycles. The molecule has 0 radical (unpaired) electrons. The summed E-state index contributed by atoms with van der Waals surface area (Å²) in [7, 11) is 0. The van der Waals surface area contributed by atoms with Gasteiger partial charge in [-0.3, -0.25) is 0 Å². The van der Waals surface area contributed by atoms with E-state index in [4.69, 9.17) is 10.8 Å². The van der Waals surface area contributed by atoms with Gasteiger partial charge in [0.15, 0.2) is 0 Å². The number of benzene rings is 1. The molecule has 5 heteroatoms. The molecule has 1 rings (SSSR count). The number of amides is 2. The third-order valence-electron chi connectivity index (χ3n) is 2.00. The minimum Gasteiger partial charge on any atom is -0.508 e. The number of rotatable bonds is 5. The van der Waals surface area contributed by atoms with Gasteiger partial charge < -0.3 is 10.8 Å². The number of aromatic hydroxyl groups is 1. The Morgan fingerprint density at radius 2 is 2.12 bits per heavy atom. The van der Waals surface area contributed by atoms with Gasteiger partial charge in [-0.15, -0.1) is 0 Å². The number of carbonyl (C=O) groups is 1. The minimum atomic E-state index is -0.658. The normalized spacial score (nSPS) is 10.5. The highest BCUT2D eigenvalue weighted by Gasteiger charge is 1.93. The number of hydrogen-bond donors (Lipinski definition) is 3. The Hall–Kier alpha value is -2.04. The van der Waals surface area contributed by atoms with Gasteiger partial charge in [0.1, 0.15) is 5.75 Å². The van der Waals surface area contributed by atoms with Gasteiger partial charge in [-0.05, 0) is 37.0 Å². The number of urea groups is 1. The van der Waals surface area contributed by atoms with E-state index in [9.17, 15) is 4.79 Å². The largest absolute Gasteiger partial charge is 0.508 e. The van der Waals surface area contributed by atoms with E-state index in [2.05, 4.69) is 10.5 Å². The molecule has 0 aliphatic heterocycles. The monoisotopic (exact) mass is 221 g/mol. The van der Waals surface area contributed by atoms with Crippen LogP contribution in [0.25, 0.3) is 0 Å². The highest BCUT2D eigenvalue weighted by molar-refractivity contribution is 5.72. The molecule has 0 heterocycles. The van der Waals surface area contributed by atoms with Crippen LogP contribution in [0.2, 0.25) is 0 Å². The van der Waals surface area contributed by atoms with Gasteiger partial charge in [0.05, 0.1) is 0 Å². The molecule has 1 aromatic rings. The number of nitrogens with two attached hydrogens (primary N) is 1. The predicted octanol–water partition coefficient (Wildman–Crippen LogP) is 1.37. The van der Waals surface area contributed by atoms with Crippen molar-refractivity contribution in [3.8, 4) is 5.75 Å². The molecule has 86 valence electrons. The number of hydrazone groups is 1. The third kappa shape index (κ3) is 4.99. The molecule has 0 unspecified atom stereocenters. The van der Waals surface area contributed by atoms with E-state index < -0.39 is 6.03 Å². The molecule has 0 bridgehead atoms. The zero-order valence-corrected chi connectivity index (χ0v) is 8.89. The first-order valence-corrected chi connectivity index (χ1v) is 5.03. The summed E-state index contributed by atoms with van der Waals surface area (Å²) >= 11 is 0. The van der Waals surface area contributed by atoms with Crippen molar-refractivity contribution in [3.05, 3.63) is 29.8 Å². The number of hydrogen-bond acceptors (Lipinski definition) is 3. The first-order valence-electron chi connectivity index (χ1n) is 5.03. The Kier molecular flexibility index (Phi) is 4.85. The maximum atomic E-state index is 10.3. The van der Waals surface area contributed by atoms with Crippen LogP contribution >= 0.6 is 0 Å². The van der Waals surface area contributed by atoms with Crippen molar-refractivity contribution in [2.45, 2.75) is 19.3 Å². The van der Waals surface area contributed by atoms with Crippen LogP contribution in [-0.4, -0.2) is 17.4 Å². The molecule has 0 aliphatic rings. The van der Waals surface area contributed by atoms with E-state index in [-0.39, 0.29) is 5.75 Å². The molecule has 0 aromatic heterocycles. The van der Waals surface area contributed by atoms with E-state index in [1.807, 2.05) is 12.1 Å². The Morgan fingerprint density at radius 1 is 1.44 bits per heavy atom. The Labute approximate surface area is 94.0 Å². The van der Waals surface area contributed by atoms with Crippen molar-refractivity contribution in [1.29, 1.82) is 0 Å². The second kappa shape index (κ2) is 6.44. The SMILES string of the molecule is NC(=O)NN=CCCCc1ccc(O)cc1. The molecule has 0 atom stereocenters. The fourth-order valence-electron chi connectivity index (χ4n) is 1.23. The van der Waals surface area contributed by atoms with E-state index in [1.54, 1.807) is 18.3 Å². The zero-order chi connectivity index (χ0) is 11.8. The number of nitrogens with zero attached hydrogens (tertiary/aromatic N) is 1. The minimum absolute atomic E-state index is 0.274. The van der Waals surface area contributed by atoms with Crippen molar-refractivity contribution in [2.24, 2.45) is 10.8 Å². The van der Waals surface area contributed by atoms with Gasteiger partial charge in [0, 0.05) is 6.21 Å². The number of carbonyl (C=O) groups excluding carboxylic acids is 1. The summed E-state index contributed by atoms with van der Waals surface area (Å²) in [4.78, 5) is 10.3. The van der Waals surface area contributed by atoms with E-state index >= 15 is 0 Å². The average molecular weight is 221 g/mol. The Balaban J connectivity index is 2.18. The topological polar surface area (TPSA) is 87.7 Å². The molecule has 2 amide bonds. The van der Waals surface area contributed by atoms with Gasteiger partial charge in [-0.2, -0.15) is 5.10 Å². The Morgan fingerprint density at radius 3 is 2.75 bits per heavy atom. The third-order valence-corrected chi connectivity index (χ3v) is 2.00.